The van der Waals surface area contributed by atoms with Crippen LogP contribution in [0.1, 0.15) is 24.5 Å². The number of carbonyl (C=O) groups is 1. The normalized spacial score (nSPS) is 19.0. The molecule has 0 radical (unpaired) electrons. The minimum absolute atomic E-state index is 0.0956. The van der Waals surface area contributed by atoms with Gasteiger partial charge in [-0.15, -0.1) is 0 Å². The molecule has 2 aromatic heterocycles. The molecule has 1 fully saturated rings. The Bertz CT molecular complexity index is 1290. The van der Waals surface area contributed by atoms with Crippen molar-refractivity contribution in [1.82, 2.24) is 19.9 Å². The van der Waals surface area contributed by atoms with Gasteiger partial charge in [-0.2, -0.15) is 9.61 Å². The van der Waals surface area contributed by atoms with Gasteiger partial charge in [0, 0.05) is 29.5 Å². The zero-order valence-corrected chi connectivity index (χ0v) is 17.1. The first-order valence-corrected chi connectivity index (χ1v) is 10.2. The average Bonchev–Trinajstić information content (AvgIpc) is 3.22. The summed E-state index contributed by atoms with van der Waals surface area (Å²) in [5.74, 6) is 0.596. The van der Waals surface area contributed by atoms with E-state index in [0.29, 0.717) is 24.4 Å². The van der Waals surface area contributed by atoms with Gasteiger partial charge < -0.3 is 20.9 Å². The number of aromatic nitrogens is 3. The van der Waals surface area contributed by atoms with E-state index in [1.807, 2.05) is 36.4 Å². The predicted octanol–water partition coefficient (Wildman–Crippen LogP) is 3.06. The van der Waals surface area contributed by atoms with E-state index in [1.54, 1.807) is 17.8 Å². The molecular weight excluding hydrogens is 394 g/mol. The molecule has 0 aliphatic carbocycles. The van der Waals surface area contributed by atoms with Gasteiger partial charge in [0.25, 0.3) is 0 Å². The molecule has 8 nitrogen and oxygen atoms in total. The molecule has 1 aliphatic heterocycles. The van der Waals surface area contributed by atoms with E-state index in [1.165, 1.54) is 0 Å². The van der Waals surface area contributed by atoms with Crippen molar-refractivity contribution in [1.29, 1.82) is 0 Å². The van der Waals surface area contributed by atoms with Gasteiger partial charge in [-0.3, -0.25) is 4.79 Å². The number of nitrogens with one attached hydrogen (secondary N) is 1. The summed E-state index contributed by atoms with van der Waals surface area (Å²) in [5.41, 5.74) is 9.74. The minimum atomic E-state index is -0.814. The summed E-state index contributed by atoms with van der Waals surface area (Å²) in [6.45, 7) is 0.550. The fraction of sp³-hybridized carbons (Fsp3) is 0.261. The van der Waals surface area contributed by atoms with Crippen molar-refractivity contribution in [3.63, 3.8) is 0 Å². The van der Waals surface area contributed by atoms with E-state index < -0.39 is 12.0 Å². The maximum atomic E-state index is 11.2. The Morgan fingerprint density at radius 3 is 2.74 bits per heavy atom. The van der Waals surface area contributed by atoms with Crippen molar-refractivity contribution in [3.8, 4) is 16.9 Å². The third-order valence-electron chi connectivity index (χ3n) is 6.04. The van der Waals surface area contributed by atoms with Crippen LogP contribution in [0.2, 0.25) is 0 Å². The van der Waals surface area contributed by atoms with Gasteiger partial charge in [-0.05, 0) is 29.9 Å². The largest absolute Gasteiger partial charge is 0.496 e. The highest BCUT2D eigenvalue weighted by molar-refractivity contribution is 6.02. The topological polar surface area (TPSA) is 115 Å². The summed E-state index contributed by atoms with van der Waals surface area (Å²) in [6.07, 6.45) is 3.08. The molecule has 0 bridgehead atoms. The van der Waals surface area contributed by atoms with Crippen LogP contribution in [0.15, 0.2) is 48.7 Å². The van der Waals surface area contributed by atoms with Crippen molar-refractivity contribution < 1.29 is 14.6 Å². The Balaban J connectivity index is 1.61. The van der Waals surface area contributed by atoms with E-state index in [4.69, 9.17) is 15.5 Å². The second kappa shape index (κ2) is 7.55. The molecule has 2 atom stereocenters. The molecule has 2 aromatic carbocycles. The number of methoxy groups -OCH3 is 1. The van der Waals surface area contributed by atoms with Gasteiger partial charge in [-0.25, -0.2) is 4.98 Å². The Labute approximate surface area is 178 Å². The van der Waals surface area contributed by atoms with Gasteiger partial charge in [0.15, 0.2) is 5.65 Å². The number of hydrogen-bond acceptors (Lipinski definition) is 6. The Hall–Kier alpha value is -3.65. The van der Waals surface area contributed by atoms with E-state index in [-0.39, 0.29) is 5.92 Å². The Morgan fingerprint density at radius 2 is 2.00 bits per heavy atom. The number of benzene rings is 2. The van der Waals surface area contributed by atoms with Crippen LogP contribution in [0.4, 0.5) is 5.82 Å². The molecule has 0 spiro atoms. The number of nitrogens with two attached hydrogens (primary N) is 1. The van der Waals surface area contributed by atoms with E-state index in [9.17, 15) is 9.90 Å². The predicted molar refractivity (Wildman–Crippen MR) is 118 cm³/mol. The highest BCUT2D eigenvalue weighted by Gasteiger charge is 2.27. The van der Waals surface area contributed by atoms with Gasteiger partial charge in [0.1, 0.15) is 17.6 Å². The first-order chi connectivity index (χ1) is 15.1. The number of rotatable bonds is 4. The quantitative estimate of drug-likeness (QED) is 0.467. The molecule has 4 N–H and O–H groups in total. The van der Waals surface area contributed by atoms with Gasteiger partial charge in [0.05, 0.1) is 19.0 Å². The van der Waals surface area contributed by atoms with E-state index >= 15 is 0 Å². The monoisotopic (exact) mass is 417 g/mol. The average molecular weight is 417 g/mol. The molecule has 31 heavy (non-hydrogen) atoms. The van der Waals surface area contributed by atoms with E-state index in [0.717, 1.165) is 39.8 Å². The van der Waals surface area contributed by atoms with Gasteiger partial charge in [0.2, 0.25) is 0 Å². The molecular formula is C23H23N5O3. The number of piperidine rings is 1. The second-order valence-corrected chi connectivity index (χ2v) is 7.83. The smallest absolute Gasteiger partial charge is 0.320 e. The lowest BCUT2D eigenvalue weighted by Gasteiger charge is -2.27. The van der Waals surface area contributed by atoms with Crippen molar-refractivity contribution in [2.75, 3.05) is 19.4 Å². The zero-order chi connectivity index (χ0) is 21.5. The summed E-state index contributed by atoms with van der Waals surface area (Å²) in [5, 5.41) is 18.8. The molecule has 0 amide bonds. The first-order valence-electron chi connectivity index (χ1n) is 10.2. The molecule has 2 unspecified atom stereocenters. The van der Waals surface area contributed by atoms with Crippen molar-refractivity contribution in [2.24, 2.45) is 0 Å². The number of nitrogens with zero attached hydrogens (tertiary/aromatic N) is 3. The summed E-state index contributed by atoms with van der Waals surface area (Å²) in [7, 11) is 1.67. The van der Waals surface area contributed by atoms with Crippen molar-refractivity contribution in [3.05, 3.63) is 54.4 Å². The number of hydrogen-bond donors (Lipinski definition) is 3. The summed E-state index contributed by atoms with van der Waals surface area (Å²) < 4.78 is 7.17. The summed E-state index contributed by atoms with van der Waals surface area (Å²) in [4.78, 5) is 16.1. The van der Waals surface area contributed by atoms with Crippen LogP contribution < -0.4 is 15.8 Å². The number of nitrogen functional groups attached to an aromatic ring is 1. The van der Waals surface area contributed by atoms with Crippen LogP contribution >= 0.6 is 0 Å². The number of carboxylic acids is 1. The molecule has 1 saturated heterocycles. The standard InChI is InChI=1S/C23H23N5O3/c1-31-20-7-3-5-14-15(4-2-6-16(14)20)17-12-26-28-21(24)10-19(27-22(17)28)13-8-9-18(23(29)30)25-11-13/h2-7,10,12-13,18,25H,8-9,11,24H2,1H3,(H,29,30). The van der Waals surface area contributed by atoms with Crippen molar-refractivity contribution in [2.45, 2.75) is 24.8 Å². The molecule has 1 aliphatic rings. The first kappa shape index (κ1) is 19.3. The molecule has 8 heteroatoms. The SMILES string of the molecule is COc1cccc2c(-c3cnn4c(N)cc(C5CCC(C(=O)O)NC5)nc34)cccc12. The summed E-state index contributed by atoms with van der Waals surface area (Å²) in [6, 6.07) is 13.4. The fourth-order valence-electron chi connectivity index (χ4n) is 4.42. The lowest BCUT2D eigenvalue weighted by Crippen LogP contribution is -2.43. The van der Waals surface area contributed by atoms with Crippen LogP contribution in [0.5, 0.6) is 5.75 Å². The lowest BCUT2D eigenvalue weighted by atomic mass is 9.92. The minimum Gasteiger partial charge on any atom is -0.496 e. The number of anilines is 1. The molecule has 4 aromatic rings. The van der Waals surface area contributed by atoms with Gasteiger partial charge in [-0.1, -0.05) is 30.3 Å². The fourth-order valence-corrected chi connectivity index (χ4v) is 4.42. The third kappa shape index (κ3) is 3.25. The van der Waals surface area contributed by atoms with Crippen LogP contribution in [0, 0.1) is 0 Å². The zero-order valence-electron chi connectivity index (χ0n) is 17.1. The molecule has 158 valence electrons. The molecule has 3 heterocycles. The van der Waals surface area contributed by atoms with Crippen molar-refractivity contribution >= 4 is 28.2 Å². The second-order valence-electron chi connectivity index (χ2n) is 7.83. The number of fused-ring (bicyclic) bond motifs is 2. The number of ether oxygens (including phenoxy) is 1. The molecule has 0 saturated carbocycles. The van der Waals surface area contributed by atoms with E-state index in [2.05, 4.69) is 16.5 Å². The van der Waals surface area contributed by atoms with Crippen LogP contribution in [0.3, 0.4) is 0 Å². The maximum absolute atomic E-state index is 11.2. The highest BCUT2D eigenvalue weighted by atomic mass is 16.5. The Morgan fingerprint density at radius 1 is 1.19 bits per heavy atom. The maximum Gasteiger partial charge on any atom is 0.320 e. The lowest BCUT2D eigenvalue weighted by molar-refractivity contribution is -0.140. The highest BCUT2D eigenvalue weighted by Crippen LogP contribution is 2.36. The van der Waals surface area contributed by atoms with Gasteiger partial charge >= 0.3 is 5.97 Å². The van der Waals surface area contributed by atoms with Crippen LogP contribution in [-0.2, 0) is 4.79 Å². The van der Waals surface area contributed by atoms with Crippen LogP contribution in [0.25, 0.3) is 27.5 Å². The molecule has 5 rings (SSSR count). The number of carboxylic acid groups (broad SMARTS) is 1. The summed E-state index contributed by atoms with van der Waals surface area (Å²) >= 11 is 0. The Kier molecular flexibility index (Phi) is 4.71. The van der Waals surface area contributed by atoms with Crippen LogP contribution in [-0.4, -0.2) is 45.4 Å². The third-order valence-corrected chi connectivity index (χ3v) is 6.04. The number of aliphatic carboxylic acids is 1.